The van der Waals surface area contributed by atoms with E-state index in [0.717, 1.165) is 34.9 Å². The molecule has 2 N–H and O–H groups in total. The van der Waals surface area contributed by atoms with E-state index >= 15 is 0 Å². The maximum absolute atomic E-state index is 14.9. The van der Waals surface area contributed by atoms with Crippen molar-refractivity contribution in [1.82, 2.24) is 24.5 Å². The van der Waals surface area contributed by atoms with Crippen LogP contribution in [0.15, 0.2) is 33.9 Å². The van der Waals surface area contributed by atoms with Crippen molar-refractivity contribution in [1.29, 1.82) is 0 Å². The molecule has 0 aliphatic carbocycles. The monoisotopic (exact) mass is 523 g/mol. The molecule has 3 heterocycles. The van der Waals surface area contributed by atoms with Crippen LogP contribution in [-0.4, -0.2) is 51.6 Å². The van der Waals surface area contributed by atoms with Gasteiger partial charge in [0.1, 0.15) is 11.2 Å². The molecule has 0 unspecified atom stereocenters. The standard InChI is InChI=1S/C21H20F3N7O4S/c1-11-29-30-18(35-11)9-34-17-8-26-16(7-27-17)14(22)5-12-4-13(19(24)15(23)6-12)21(2)10-36(32,33)31(3)20(25)28-21/h4-8H,9-10H2,1-3H3,(H2,25,28)/b14-5-/t21-/m0/s1. The molecule has 36 heavy (non-hydrogen) atoms. The summed E-state index contributed by atoms with van der Waals surface area (Å²) in [5.41, 5.74) is 3.25. The van der Waals surface area contributed by atoms with Crippen LogP contribution < -0.4 is 10.5 Å². The van der Waals surface area contributed by atoms with Gasteiger partial charge in [-0.05, 0) is 30.7 Å². The number of hydrogen-bond acceptors (Lipinski definition) is 10. The Labute approximate surface area is 203 Å². The summed E-state index contributed by atoms with van der Waals surface area (Å²) in [6, 6.07) is 1.86. The lowest BCUT2D eigenvalue weighted by atomic mass is 9.92. The number of rotatable bonds is 6. The number of nitrogens with two attached hydrogens (primary N) is 1. The minimum atomic E-state index is -3.94. The number of hydrogen-bond donors (Lipinski definition) is 1. The summed E-state index contributed by atoms with van der Waals surface area (Å²) in [6.45, 7) is 2.85. The Hall–Kier alpha value is -4.01. The van der Waals surface area contributed by atoms with Crippen molar-refractivity contribution < 1.29 is 30.7 Å². The van der Waals surface area contributed by atoms with E-state index in [1.165, 1.54) is 14.0 Å². The second-order valence-corrected chi connectivity index (χ2v) is 10.1. The molecule has 4 rings (SSSR count). The van der Waals surface area contributed by atoms with Gasteiger partial charge in [0.05, 0.1) is 18.1 Å². The van der Waals surface area contributed by atoms with Gasteiger partial charge in [0, 0.05) is 19.5 Å². The van der Waals surface area contributed by atoms with Gasteiger partial charge in [0.2, 0.25) is 27.8 Å². The summed E-state index contributed by atoms with van der Waals surface area (Å²) in [5.74, 6) is -3.96. The fourth-order valence-corrected chi connectivity index (χ4v) is 4.89. The molecule has 1 atom stereocenters. The van der Waals surface area contributed by atoms with Crippen molar-refractivity contribution in [2.24, 2.45) is 10.7 Å². The Balaban J connectivity index is 1.60. The van der Waals surface area contributed by atoms with Gasteiger partial charge >= 0.3 is 0 Å². The molecule has 190 valence electrons. The van der Waals surface area contributed by atoms with Gasteiger partial charge in [-0.1, -0.05) is 0 Å². The predicted octanol–water partition coefficient (Wildman–Crippen LogP) is 2.30. The van der Waals surface area contributed by atoms with Crippen molar-refractivity contribution in [3.05, 3.63) is 64.8 Å². The second kappa shape index (κ2) is 9.22. The third kappa shape index (κ3) is 5.00. The minimum Gasteiger partial charge on any atom is -0.466 e. The number of ether oxygens (including phenoxy) is 1. The van der Waals surface area contributed by atoms with Gasteiger partial charge in [0.15, 0.2) is 24.1 Å². The molecule has 0 amide bonds. The first kappa shape index (κ1) is 25.1. The van der Waals surface area contributed by atoms with E-state index in [4.69, 9.17) is 14.9 Å². The Morgan fingerprint density at radius 1 is 1.28 bits per heavy atom. The van der Waals surface area contributed by atoms with Gasteiger partial charge < -0.3 is 14.9 Å². The lowest BCUT2D eigenvalue weighted by Crippen LogP contribution is -2.50. The maximum Gasteiger partial charge on any atom is 0.253 e. The highest BCUT2D eigenvalue weighted by molar-refractivity contribution is 7.89. The largest absolute Gasteiger partial charge is 0.466 e. The molecule has 11 nitrogen and oxygen atoms in total. The third-order valence-corrected chi connectivity index (χ3v) is 7.22. The van der Waals surface area contributed by atoms with E-state index in [0.29, 0.717) is 5.89 Å². The number of nitrogens with zero attached hydrogens (tertiary/aromatic N) is 6. The zero-order chi connectivity index (χ0) is 26.3. The molecule has 0 saturated heterocycles. The van der Waals surface area contributed by atoms with Crippen molar-refractivity contribution in [3.63, 3.8) is 0 Å². The van der Waals surface area contributed by atoms with Crippen LogP contribution in [0.4, 0.5) is 13.2 Å². The van der Waals surface area contributed by atoms with Crippen molar-refractivity contribution >= 4 is 27.9 Å². The van der Waals surface area contributed by atoms with Crippen LogP contribution in [0.25, 0.3) is 11.9 Å². The Morgan fingerprint density at radius 2 is 2.03 bits per heavy atom. The van der Waals surface area contributed by atoms with E-state index in [1.807, 2.05) is 0 Å². The third-order valence-electron chi connectivity index (χ3n) is 5.27. The van der Waals surface area contributed by atoms with E-state index in [-0.39, 0.29) is 35.6 Å². The SMILES string of the molecule is Cc1nnc(COc2cnc(/C(F)=C/c3cc(F)c(F)c([C@]4(C)CS(=O)(=O)N(C)C(N)=N4)c3)cn2)o1. The highest BCUT2D eigenvalue weighted by Crippen LogP contribution is 2.35. The number of halogens is 3. The van der Waals surface area contributed by atoms with Gasteiger partial charge in [0.25, 0.3) is 5.89 Å². The molecular weight excluding hydrogens is 503 g/mol. The summed E-state index contributed by atoms with van der Waals surface area (Å²) in [4.78, 5) is 11.9. The number of aliphatic imine (C=N–C) groups is 1. The molecule has 3 aromatic rings. The minimum absolute atomic E-state index is 0.0596. The molecule has 0 fully saturated rings. The van der Waals surface area contributed by atoms with Gasteiger partial charge in [-0.2, -0.15) is 0 Å². The summed E-state index contributed by atoms with van der Waals surface area (Å²) < 4.78 is 80.1. The number of benzene rings is 1. The molecular formula is C21H20F3N7O4S. The van der Waals surface area contributed by atoms with Gasteiger partial charge in [-0.25, -0.2) is 40.9 Å². The molecule has 1 aliphatic heterocycles. The average Bonchev–Trinajstić information content (AvgIpc) is 3.23. The molecule has 1 aromatic carbocycles. The van der Waals surface area contributed by atoms with Crippen LogP contribution in [0.1, 0.15) is 35.5 Å². The van der Waals surface area contributed by atoms with Gasteiger partial charge in [-0.3, -0.25) is 0 Å². The van der Waals surface area contributed by atoms with Crippen LogP contribution in [0.5, 0.6) is 5.88 Å². The molecule has 0 spiro atoms. The van der Waals surface area contributed by atoms with E-state index in [2.05, 4.69) is 25.2 Å². The van der Waals surface area contributed by atoms with Gasteiger partial charge in [-0.15, -0.1) is 10.2 Å². The van der Waals surface area contributed by atoms with E-state index < -0.39 is 44.3 Å². The number of sulfonamides is 1. The number of guanidine groups is 1. The van der Waals surface area contributed by atoms with Crippen LogP contribution >= 0.6 is 0 Å². The summed E-state index contributed by atoms with van der Waals surface area (Å²) in [5, 5.41) is 7.42. The summed E-state index contributed by atoms with van der Waals surface area (Å²) in [6.07, 6.45) is 3.14. The van der Waals surface area contributed by atoms with Crippen molar-refractivity contribution in [2.75, 3.05) is 12.8 Å². The van der Waals surface area contributed by atoms with Crippen molar-refractivity contribution in [2.45, 2.75) is 26.0 Å². The highest BCUT2D eigenvalue weighted by atomic mass is 32.2. The van der Waals surface area contributed by atoms with Crippen molar-refractivity contribution in [3.8, 4) is 5.88 Å². The first-order valence-corrected chi connectivity index (χ1v) is 11.9. The molecule has 2 aromatic heterocycles. The normalized spacial score (nSPS) is 19.8. The zero-order valence-corrected chi connectivity index (χ0v) is 20.1. The Kier molecular flexibility index (Phi) is 6.43. The average molecular weight is 523 g/mol. The predicted molar refractivity (Wildman–Crippen MR) is 121 cm³/mol. The Bertz CT molecular complexity index is 1480. The van der Waals surface area contributed by atoms with Crippen LogP contribution in [-0.2, 0) is 22.2 Å². The number of aromatic nitrogens is 4. The lowest BCUT2D eigenvalue weighted by molar-refractivity contribution is 0.250. The first-order valence-electron chi connectivity index (χ1n) is 10.3. The topological polar surface area (TPSA) is 150 Å². The molecule has 0 bridgehead atoms. The second-order valence-electron chi connectivity index (χ2n) is 8.07. The quantitative estimate of drug-likeness (QED) is 0.513. The lowest BCUT2D eigenvalue weighted by Gasteiger charge is -2.34. The van der Waals surface area contributed by atoms with E-state index in [9.17, 15) is 21.6 Å². The molecule has 0 radical (unpaired) electrons. The molecule has 0 saturated carbocycles. The summed E-state index contributed by atoms with van der Waals surface area (Å²) >= 11 is 0. The number of aryl methyl sites for hydroxylation is 1. The molecule has 1 aliphatic rings. The fourth-order valence-electron chi connectivity index (χ4n) is 3.44. The fraction of sp³-hybridized carbons (Fsp3) is 0.286. The van der Waals surface area contributed by atoms with E-state index in [1.54, 1.807) is 6.92 Å². The first-order chi connectivity index (χ1) is 16.9. The van der Waals surface area contributed by atoms with Crippen LogP contribution in [0.3, 0.4) is 0 Å². The van der Waals surface area contributed by atoms with Crippen LogP contribution in [0, 0.1) is 18.6 Å². The smallest absolute Gasteiger partial charge is 0.253 e. The van der Waals surface area contributed by atoms with Crippen LogP contribution in [0.2, 0.25) is 0 Å². The maximum atomic E-state index is 14.9. The summed E-state index contributed by atoms with van der Waals surface area (Å²) in [7, 11) is -2.75. The zero-order valence-electron chi connectivity index (χ0n) is 19.2. The molecule has 15 heteroatoms. The highest BCUT2D eigenvalue weighted by Gasteiger charge is 2.42. The Morgan fingerprint density at radius 3 is 2.64 bits per heavy atom.